The summed E-state index contributed by atoms with van der Waals surface area (Å²) in [5, 5.41) is 2.77. The Balaban J connectivity index is 1.52. The SMILES string of the molecule is CC(C)N(CC(=O)N1CCc2sccc2C1c1ccc(Cl)cc1)C(=O)CCc1ccccc1. The molecule has 2 heterocycles. The molecular weight excluding hydrogens is 452 g/mol. The van der Waals surface area contributed by atoms with Crippen molar-refractivity contribution in [1.82, 2.24) is 9.80 Å². The summed E-state index contributed by atoms with van der Waals surface area (Å²) in [5.74, 6) is -0.00737. The third-order valence-corrected chi connectivity index (χ3v) is 7.44. The fraction of sp³-hybridized carbons (Fsp3) is 0.333. The van der Waals surface area contributed by atoms with E-state index in [1.54, 1.807) is 16.2 Å². The largest absolute Gasteiger partial charge is 0.331 e. The van der Waals surface area contributed by atoms with Crippen molar-refractivity contribution in [3.8, 4) is 0 Å². The molecule has 2 aromatic carbocycles. The van der Waals surface area contributed by atoms with Crippen LogP contribution in [0.15, 0.2) is 66.0 Å². The Bertz CT molecular complexity index is 1090. The van der Waals surface area contributed by atoms with Crippen molar-refractivity contribution in [1.29, 1.82) is 0 Å². The first-order valence-electron chi connectivity index (χ1n) is 11.4. The molecule has 172 valence electrons. The molecule has 2 amide bonds. The number of hydrogen-bond donors (Lipinski definition) is 0. The van der Waals surface area contributed by atoms with Gasteiger partial charge in [-0.05, 0) is 67.0 Å². The minimum absolute atomic E-state index is 0.0125. The number of amides is 2. The van der Waals surface area contributed by atoms with Crippen LogP contribution in [0.5, 0.6) is 0 Å². The van der Waals surface area contributed by atoms with E-state index in [-0.39, 0.29) is 30.4 Å². The van der Waals surface area contributed by atoms with Gasteiger partial charge >= 0.3 is 0 Å². The van der Waals surface area contributed by atoms with E-state index in [1.165, 1.54) is 10.4 Å². The maximum atomic E-state index is 13.6. The Hall–Kier alpha value is -2.63. The number of thiophene rings is 1. The van der Waals surface area contributed by atoms with Crippen molar-refractivity contribution in [3.05, 3.63) is 92.6 Å². The Morgan fingerprint density at radius 2 is 1.82 bits per heavy atom. The topological polar surface area (TPSA) is 40.6 Å². The van der Waals surface area contributed by atoms with Crippen LogP contribution < -0.4 is 0 Å². The second-order valence-electron chi connectivity index (χ2n) is 8.69. The molecule has 1 unspecified atom stereocenters. The molecule has 4 nitrogen and oxygen atoms in total. The van der Waals surface area contributed by atoms with E-state index in [1.807, 2.05) is 73.3 Å². The fourth-order valence-corrected chi connectivity index (χ4v) is 5.45. The van der Waals surface area contributed by atoms with E-state index in [4.69, 9.17) is 11.6 Å². The van der Waals surface area contributed by atoms with Crippen LogP contribution in [0.25, 0.3) is 0 Å². The van der Waals surface area contributed by atoms with Gasteiger partial charge in [0.2, 0.25) is 11.8 Å². The molecule has 0 saturated carbocycles. The molecule has 0 N–H and O–H groups in total. The van der Waals surface area contributed by atoms with E-state index in [0.717, 1.165) is 17.5 Å². The molecule has 3 aromatic rings. The maximum Gasteiger partial charge on any atom is 0.243 e. The third kappa shape index (κ3) is 5.48. The van der Waals surface area contributed by atoms with E-state index in [2.05, 4.69) is 11.4 Å². The molecule has 33 heavy (non-hydrogen) atoms. The number of hydrogen-bond acceptors (Lipinski definition) is 3. The van der Waals surface area contributed by atoms with Gasteiger partial charge in [-0.15, -0.1) is 11.3 Å². The number of carbonyl (C=O) groups excluding carboxylic acids is 2. The Labute approximate surface area is 204 Å². The summed E-state index contributed by atoms with van der Waals surface area (Å²) < 4.78 is 0. The molecule has 1 aliphatic rings. The van der Waals surface area contributed by atoms with Crippen molar-refractivity contribution in [2.45, 2.75) is 45.2 Å². The van der Waals surface area contributed by atoms with Crippen LogP contribution in [0, 0.1) is 0 Å². The van der Waals surface area contributed by atoms with Crippen molar-refractivity contribution < 1.29 is 9.59 Å². The van der Waals surface area contributed by atoms with Crippen LogP contribution >= 0.6 is 22.9 Å². The lowest BCUT2D eigenvalue weighted by molar-refractivity contribution is -0.143. The van der Waals surface area contributed by atoms with Crippen molar-refractivity contribution >= 4 is 34.8 Å². The van der Waals surface area contributed by atoms with Crippen molar-refractivity contribution in [2.75, 3.05) is 13.1 Å². The van der Waals surface area contributed by atoms with E-state index in [9.17, 15) is 9.59 Å². The average Bonchev–Trinajstić information content (AvgIpc) is 3.30. The molecule has 0 fully saturated rings. The molecule has 0 radical (unpaired) electrons. The minimum Gasteiger partial charge on any atom is -0.331 e. The van der Waals surface area contributed by atoms with Gasteiger partial charge < -0.3 is 9.80 Å². The van der Waals surface area contributed by atoms with Crippen LogP contribution in [-0.4, -0.2) is 40.7 Å². The zero-order valence-electron chi connectivity index (χ0n) is 19.0. The molecule has 4 rings (SSSR count). The lowest BCUT2D eigenvalue weighted by atomic mass is 9.93. The molecule has 1 aromatic heterocycles. The fourth-order valence-electron chi connectivity index (χ4n) is 4.42. The second-order valence-corrected chi connectivity index (χ2v) is 10.1. The molecule has 0 bridgehead atoms. The van der Waals surface area contributed by atoms with Gasteiger partial charge in [0.25, 0.3) is 0 Å². The highest BCUT2D eigenvalue weighted by Crippen LogP contribution is 2.38. The zero-order chi connectivity index (χ0) is 23.4. The zero-order valence-corrected chi connectivity index (χ0v) is 20.6. The maximum absolute atomic E-state index is 13.6. The summed E-state index contributed by atoms with van der Waals surface area (Å²) in [6.45, 7) is 4.67. The third-order valence-electron chi connectivity index (χ3n) is 6.19. The van der Waals surface area contributed by atoms with Gasteiger partial charge in [-0.1, -0.05) is 54.1 Å². The number of aryl methyl sites for hydroxylation is 1. The van der Waals surface area contributed by atoms with Crippen LogP contribution in [0.3, 0.4) is 0 Å². The van der Waals surface area contributed by atoms with Crippen molar-refractivity contribution in [3.63, 3.8) is 0 Å². The van der Waals surface area contributed by atoms with Gasteiger partial charge in [0.1, 0.15) is 6.54 Å². The second kappa shape index (κ2) is 10.5. The van der Waals surface area contributed by atoms with E-state index in [0.29, 0.717) is 24.4 Å². The first-order chi connectivity index (χ1) is 15.9. The lowest BCUT2D eigenvalue weighted by Crippen LogP contribution is -2.48. The summed E-state index contributed by atoms with van der Waals surface area (Å²) in [4.78, 5) is 31.6. The molecule has 0 spiro atoms. The summed E-state index contributed by atoms with van der Waals surface area (Å²) in [6.07, 6.45) is 1.91. The number of halogens is 1. The van der Waals surface area contributed by atoms with Gasteiger partial charge in [-0.3, -0.25) is 9.59 Å². The molecule has 0 saturated heterocycles. The Morgan fingerprint density at radius 3 is 2.52 bits per heavy atom. The number of nitrogens with zero attached hydrogens (tertiary/aromatic N) is 2. The van der Waals surface area contributed by atoms with Crippen LogP contribution in [0.2, 0.25) is 5.02 Å². The first kappa shape index (κ1) is 23.5. The monoisotopic (exact) mass is 480 g/mol. The number of carbonyl (C=O) groups is 2. The normalized spacial score (nSPS) is 15.4. The molecule has 1 atom stereocenters. The molecule has 1 aliphatic heterocycles. The van der Waals surface area contributed by atoms with Crippen LogP contribution in [-0.2, 0) is 22.4 Å². The first-order valence-corrected chi connectivity index (χ1v) is 12.6. The highest BCUT2D eigenvalue weighted by molar-refractivity contribution is 7.10. The number of fused-ring (bicyclic) bond motifs is 1. The standard InChI is InChI=1S/C27H29ClN2O2S/c1-19(2)30(25(31)13-8-20-6-4-3-5-7-20)18-26(32)29-16-14-24-23(15-17-33-24)27(29)21-9-11-22(28)12-10-21/h3-7,9-12,15,17,19,27H,8,13-14,16,18H2,1-2H3. The summed E-state index contributed by atoms with van der Waals surface area (Å²) in [6, 6.07) is 19.6. The summed E-state index contributed by atoms with van der Waals surface area (Å²) in [7, 11) is 0. The van der Waals surface area contributed by atoms with Gasteiger partial charge in [-0.25, -0.2) is 0 Å². The average molecular weight is 481 g/mol. The smallest absolute Gasteiger partial charge is 0.243 e. The predicted octanol–water partition coefficient (Wildman–Crippen LogP) is 5.75. The van der Waals surface area contributed by atoms with Gasteiger partial charge in [0.05, 0.1) is 6.04 Å². The van der Waals surface area contributed by atoms with E-state index < -0.39 is 0 Å². The Kier molecular flexibility index (Phi) is 7.51. The lowest BCUT2D eigenvalue weighted by Gasteiger charge is -2.38. The highest BCUT2D eigenvalue weighted by Gasteiger charge is 2.34. The van der Waals surface area contributed by atoms with Crippen LogP contribution in [0.1, 0.15) is 47.9 Å². The summed E-state index contributed by atoms with van der Waals surface area (Å²) in [5.41, 5.74) is 3.34. The molecule has 0 aliphatic carbocycles. The molecular formula is C27H29ClN2O2S. The van der Waals surface area contributed by atoms with Gasteiger partial charge in [0, 0.05) is 28.9 Å². The number of benzene rings is 2. The van der Waals surface area contributed by atoms with Crippen molar-refractivity contribution in [2.24, 2.45) is 0 Å². The highest BCUT2D eigenvalue weighted by atomic mass is 35.5. The van der Waals surface area contributed by atoms with Gasteiger partial charge in [0.15, 0.2) is 0 Å². The van der Waals surface area contributed by atoms with Crippen LogP contribution in [0.4, 0.5) is 0 Å². The minimum atomic E-state index is -0.154. The quantitative estimate of drug-likeness (QED) is 0.432. The number of rotatable bonds is 7. The Morgan fingerprint density at radius 1 is 1.09 bits per heavy atom. The van der Waals surface area contributed by atoms with E-state index >= 15 is 0 Å². The predicted molar refractivity (Wildman–Crippen MR) is 135 cm³/mol. The molecule has 6 heteroatoms. The summed E-state index contributed by atoms with van der Waals surface area (Å²) >= 11 is 7.86. The van der Waals surface area contributed by atoms with Gasteiger partial charge in [-0.2, -0.15) is 0 Å².